The summed E-state index contributed by atoms with van der Waals surface area (Å²) in [6.45, 7) is 2.01. The minimum absolute atomic E-state index is 0.106. The van der Waals surface area contributed by atoms with E-state index in [4.69, 9.17) is 0 Å². The molecule has 0 N–H and O–H groups in total. The molecule has 0 aliphatic heterocycles. The Balaban J connectivity index is 1.84. The second-order valence-electron chi connectivity index (χ2n) is 7.24. The van der Waals surface area contributed by atoms with Crippen molar-refractivity contribution in [3.8, 4) is 17.2 Å². The van der Waals surface area contributed by atoms with Crippen molar-refractivity contribution in [1.82, 2.24) is 24.4 Å². The minimum atomic E-state index is -1.20. The quantitative estimate of drug-likeness (QED) is 0.507. The number of rotatable bonds is 4. The van der Waals surface area contributed by atoms with Gasteiger partial charge in [-0.15, -0.1) is 0 Å². The summed E-state index contributed by atoms with van der Waals surface area (Å²) >= 11 is 0. The van der Waals surface area contributed by atoms with Crippen LogP contribution in [-0.2, 0) is 10.8 Å². The Bertz CT molecular complexity index is 1280. The van der Waals surface area contributed by atoms with E-state index in [0.29, 0.717) is 16.4 Å². The molecule has 0 fully saturated rings. The Morgan fingerprint density at radius 1 is 1.07 bits per heavy atom. The Kier molecular flexibility index (Phi) is 5.17. The van der Waals surface area contributed by atoms with Gasteiger partial charge in [-0.1, -0.05) is 6.07 Å². The average Bonchev–Trinajstić information content (AvgIpc) is 3.12. The van der Waals surface area contributed by atoms with E-state index in [0.717, 1.165) is 27.7 Å². The fraction of sp³-hybridized carbons (Fsp3) is 0.182. The minimum Gasteiger partial charge on any atom is -0.345 e. The van der Waals surface area contributed by atoms with Gasteiger partial charge in [-0.05, 0) is 36.8 Å². The highest BCUT2D eigenvalue weighted by Crippen LogP contribution is 2.28. The van der Waals surface area contributed by atoms with Crippen LogP contribution in [0.4, 0.5) is 0 Å². The number of carbonyl (C=O) groups excluding carboxylic acids is 1. The van der Waals surface area contributed by atoms with E-state index in [1.54, 1.807) is 61.8 Å². The first-order chi connectivity index (χ1) is 14.3. The molecule has 0 radical (unpaired) electrons. The molecule has 0 bridgehead atoms. The van der Waals surface area contributed by atoms with Gasteiger partial charge in [-0.2, -0.15) is 0 Å². The molecule has 7 nitrogen and oxygen atoms in total. The lowest BCUT2D eigenvalue weighted by Gasteiger charge is -2.11. The number of carbonyl (C=O) groups is 1. The number of amides is 1. The van der Waals surface area contributed by atoms with Crippen molar-refractivity contribution in [2.24, 2.45) is 0 Å². The molecule has 0 saturated carbocycles. The van der Waals surface area contributed by atoms with Crippen LogP contribution in [-0.4, -0.2) is 54.9 Å². The fourth-order valence-corrected chi connectivity index (χ4v) is 3.99. The third-order valence-electron chi connectivity index (χ3n) is 4.80. The average molecular weight is 420 g/mol. The van der Waals surface area contributed by atoms with Gasteiger partial charge < -0.3 is 4.90 Å². The largest absolute Gasteiger partial charge is 0.345 e. The zero-order valence-electron chi connectivity index (χ0n) is 17.2. The number of pyridine rings is 1. The van der Waals surface area contributed by atoms with Gasteiger partial charge >= 0.3 is 0 Å². The van der Waals surface area contributed by atoms with Crippen LogP contribution >= 0.6 is 0 Å². The van der Waals surface area contributed by atoms with Crippen LogP contribution in [0, 0.1) is 6.92 Å². The van der Waals surface area contributed by atoms with E-state index in [1.165, 1.54) is 4.90 Å². The van der Waals surface area contributed by atoms with E-state index in [1.807, 2.05) is 25.1 Å². The lowest BCUT2D eigenvalue weighted by Crippen LogP contribution is -2.21. The second kappa shape index (κ2) is 7.79. The molecule has 3 aromatic heterocycles. The second-order valence-corrected chi connectivity index (χ2v) is 8.59. The Morgan fingerprint density at radius 2 is 1.80 bits per heavy atom. The molecular formula is C22H21N5O2S. The maximum Gasteiger partial charge on any atom is 0.253 e. The van der Waals surface area contributed by atoms with Crippen LogP contribution in [0.5, 0.6) is 0 Å². The van der Waals surface area contributed by atoms with Crippen LogP contribution in [0.1, 0.15) is 15.9 Å². The van der Waals surface area contributed by atoms with Crippen molar-refractivity contribution in [3.05, 3.63) is 66.2 Å². The topological polar surface area (TPSA) is 81.0 Å². The van der Waals surface area contributed by atoms with Gasteiger partial charge in [0.05, 0.1) is 26.9 Å². The van der Waals surface area contributed by atoms with Gasteiger partial charge in [0.15, 0.2) is 0 Å². The van der Waals surface area contributed by atoms with Crippen LogP contribution < -0.4 is 0 Å². The molecule has 0 saturated heterocycles. The van der Waals surface area contributed by atoms with Gasteiger partial charge in [-0.25, -0.2) is 9.97 Å². The van der Waals surface area contributed by atoms with Crippen molar-refractivity contribution in [3.63, 3.8) is 0 Å². The number of hydrogen-bond acceptors (Lipinski definition) is 5. The highest BCUT2D eigenvalue weighted by molar-refractivity contribution is 7.84. The molecule has 8 heteroatoms. The molecule has 1 atom stereocenters. The molecule has 3 heterocycles. The number of nitrogens with zero attached hydrogens (tertiary/aromatic N) is 5. The van der Waals surface area contributed by atoms with Crippen LogP contribution in [0.25, 0.3) is 28.1 Å². The SMILES string of the molecule is Cc1ccnc(-c2cnc(-n3cc(S(C)=O)c4ccc(C(=O)N(C)C)cc43)nc2)c1. The highest BCUT2D eigenvalue weighted by atomic mass is 32.2. The predicted molar refractivity (Wildman–Crippen MR) is 117 cm³/mol. The number of benzene rings is 1. The molecule has 4 rings (SSSR count). The van der Waals surface area contributed by atoms with Gasteiger partial charge in [0, 0.05) is 61.7 Å². The number of fused-ring (bicyclic) bond motifs is 1. The maximum absolute atomic E-state index is 12.4. The summed E-state index contributed by atoms with van der Waals surface area (Å²) in [5.74, 6) is 0.327. The third kappa shape index (κ3) is 3.61. The molecule has 1 amide bonds. The first-order valence-electron chi connectivity index (χ1n) is 9.31. The standard InChI is InChI=1S/C22H21N5O2S/c1-14-7-8-23-18(9-14)16-11-24-22(25-12-16)27-13-20(30(4)29)17-6-5-15(10-19(17)27)21(28)26(2)3/h5-13H,1-4H3. The molecule has 30 heavy (non-hydrogen) atoms. The number of aryl methyl sites for hydroxylation is 1. The lowest BCUT2D eigenvalue weighted by atomic mass is 10.1. The first kappa shape index (κ1) is 19.9. The van der Waals surface area contributed by atoms with Gasteiger partial charge in [0.2, 0.25) is 5.95 Å². The zero-order valence-corrected chi connectivity index (χ0v) is 18.0. The van der Waals surface area contributed by atoms with E-state index < -0.39 is 10.8 Å². The number of hydrogen-bond donors (Lipinski definition) is 0. The molecule has 0 aliphatic rings. The normalized spacial score (nSPS) is 12.1. The van der Waals surface area contributed by atoms with E-state index in [2.05, 4.69) is 15.0 Å². The van der Waals surface area contributed by atoms with Crippen molar-refractivity contribution in [2.45, 2.75) is 11.8 Å². The lowest BCUT2D eigenvalue weighted by molar-refractivity contribution is 0.0827. The van der Waals surface area contributed by atoms with Crippen LogP contribution in [0.15, 0.2) is 60.0 Å². The monoisotopic (exact) mass is 419 g/mol. The predicted octanol–water partition coefficient (Wildman–Crippen LogP) is 3.23. The molecule has 152 valence electrons. The Labute approximate surface area is 176 Å². The Morgan fingerprint density at radius 3 is 2.43 bits per heavy atom. The van der Waals surface area contributed by atoms with Crippen molar-refractivity contribution >= 4 is 27.6 Å². The summed E-state index contributed by atoms with van der Waals surface area (Å²) < 4.78 is 14.0. The van der Waals surface area contributed by atoms with E-state index in [9.17, 15) is 9.00 Å². The number of aromatic nitrogens is 4. The highest BCUT2D eigenvalue weighted by Gasteiger charge is 2.17. The van der Waals surface area contributed by atoms with Crippen molar-refractivity contribution in [1.29, 1.82) is 0 Å². The molecule has 0 spiro atoms. The first-order valence-corrected chi connectivity index (χ1v) is 10.9. The van der Waals surface area contributed by atoms with E-state index >= 15 is 0 Å². The summed E-state index contributed by atoms with van der Waals surface area (Å²) in [6, 6.07) is 9.26. The van der Waals surface area contributed by atoms with Gasteiger partial charge in [-0.3, -0.25) is 18.6 Å². The van der Waals surface area contributed by atoms with E-state index in [-0.39, 0.29) is 5.91 Å². The molecule has 0 aliphatic carbocycles. The summed E-state index contributed by atoms with van der Waals surface area (Å²) in [5, 5.41) is 0.805. The smallest absolute Gasteiger partial charge is 0.253 e. The van der Waals surface area contributed by atoms with Crippen molar-refractivity contribution < 1.29 is 9.00 Å². The summed E-state index contributed by atoms with van der Waals surface area (Å²) in [7, 11) is 2.21. The Hall–Kier alpha value is -3.39. The maximum atomic E-state index is 12.4. The summed E-state index contributed by atoms with van der Waals surface area (Å²) in [5.41, 5.74) is 3.98. The third-order valence-corrected chi connectivity index (χ3v) is 5.74. The summed E-state index contributed by atoms with van der Waals surface area (Å²) in [6.07, 6.45) is 8.58. The molecule has 4 aromatic rings. The molecular weight excluding hydrogens is 398 g/mol. The van der Waals surface area contributed by atoms with Gasteiger partial charge in [0.1, 0.15) is 0 Å². The van der Waals surface area contributed by atoms with Crippen molar-refractivity contribution in [2.75, 3.05) is 20.4 Å². The van der Waals surface area contributed by atoms with Gasteiger partial charge in [0.25, 0.3) is 5.91 Å². The van der Waals surface area contributed by atoms with Crippen LogP contribution in [0.2, 0.25) is 0 Å². The zero-order chi connectivity index (χ0) is 21.4. The summed E-state index contributed by atoms with van der Waals surface area (Å²) in [4.78, 5) is 28.0. The molecule has 1 aromatic carbocycles. The molecule has 1 unspecified atom stereocenters. The van der Waals surface area contributed by atoms with Crippen LogP contribution in [0.3, 0.4) is 0 Å². The fourth-order valence-electron chi connectivity index (χ4n) is 3.25.